The summed E-state index contributed by atoms with van der Waals surface area (Å²) >= 11 is 0. The molecule has 0 aliphatic carbocycles. The smallest absolute Gasteiger partial charge is 0.242 e. The zero-order valence-electron chi connectivity index (χ0n) is 18.4. The molecule has 0 saturated carbocycles. The standard InChI is InChI=1S/C25H34N2O2/c1-6-23(25(29)26-16-18(2)3)27(17-21-12-9-10-19(4)14-21)24(28)15-22-13-8-7-11-20(22)5/h7-14,18,23H,6,15-17H2,1-5H3,(H,26,29)/t23-/m1/s1. The molecule has 4 nitrogen and oxygen atoms in total. The van der Waals surface area contributed by atoms with E-state index < -0.39 is 6.04 Å². The van der Waals surface area contributed by atoms with Crippen molar-refractivity contribution in [1.82, 2.24) is 10.2 Å². The van der Waals surface area contributed by atoms with E-state index in [1.807, 2.05) is 63.2 Å². The van der Waals surface area contributed by atoms with Gasteiger partial charge in [-0.05, 0) is 42.9 Å². The minimum Gasteiger partial charge on any atom is -0.354 e. The van der Waals surface area contributed by atoms with E-state index in [2.05, 4.69) is 25.2 Å². The van der Waals surface area contributed by atoms with Crippen molar-refractivity contribution in [1.29, 1.82) is 0 Å². The second kappa shape index (κ2) is 10.8. The van der Waals surface area contributed by atoms with Gasteiger partial charge in [0.2, 0.25) is 11.8 Å². The number of carbonyl (C=O) groups is 2. The van der Waals surface area contributed by atoms with E-state index in [-0.39, 0.29) is 11.8 Å². The van der Waals surface area contributed by atoms with Crippen LogP contribution in [0, 0.1) is 19.8 Å². The second-order valence-electron chi connectivity index (χ2n) is 8.18. The van der Waals surface area contributed by atoms with E-state index in [0.717, 1.165) is 22.3 Å². The Morgan fingerprint density at radius 3 is 2.38 bits per heavy atom. The third kappa shape index (κ3) is 6.74. The van der Waals surface area contributed by atoms with Gasteiger partial charge in [-0.15, -0.1) is 0 Å². The van der Waals surface area contributed by atoms with Gasteiger partial charge < -0.3 is 10.2 Å². The van der Waals surface area contributed by atoms with Gasteiger partial charge in [-0.1, -0.05) is 74.9 Å². The van der Waals surface area contributed by atoms with Crippen LogP contribution in [0.1, 0.15) is 49.4 Å². The largest absolute Gasteiger partial charge is 0.354 e. The molecule has 156 valence electrons. The maximum atomic E-state index is 13.3. The van der Waals surface area contributed by atoms with Crippen LogP contribution in [0.15, 0.2) is 48.5 Å². The molecule has 29 heavy (non-hydrogen) atoms. The number of hydrogen-bond acceptors (Lipinski definition) is 2. The van der Waals surface area contributed by atoms with Gasteiger partial charge in [0.15, 0.2) is 0 Å². The highest BCUT2D eigenvalue weighted by Gasteiger charge is 2.28. The molecule has 0 aromatic heterocycles. The van der Waals surface area contributed by atoms with Crippen LogP contribution in [0.3, 0.4) is 0 Å². The molecular weight excluding hydrogens is 360 g/mol. The first kappa shape index (κ1) is 22.7. The van der Waals surface area contributed by atoms with Crippen LogP contribution in [0.5, 0.6) is 0 Å². The molecule has 0 aliphatic heterocycles. The highest BCUT2D eigenvalue weighted by molar-refractivity contribution is 5.88. The van der Waals surface area contributed by atoms with Crippen LogP contribution >= 0.6 is 0 Å². The van der Waals surface area contributed by atoms with Crippen molar-refractivity contribution in [2.45, 2.75) is 60.0 Å². The van der Waals surface area contributed by atoms with Crippen LogP contribution < -0.4 is 5.32 Å². The van der Waals surface area contributed by atoms with E-state index in [0.29, 0.717) is 31.8 Å². The predicted octanol–water partition coefficient (Wildman–Crippen LogP) is 4.43. The molecule has 2 aromatic rings. The normalized spacial score (nSPS) is 11.9. The Morgan fingerprint density at radius 2 is 1.76 bits per heavy atom. The number of aryl methyl sites for hydroxylation is 2. The molecule has 0 radical (unpaired) electrons. The van der Waals surface area contributed by atoms with Gasteiger partial charge in [-0.3, -0.25) is 9.59 Å². The number of hydrogen-bond donors (Lipinski definition) is 1. The number of carbonyl (C=O) groups excluding carboxylic acids is 2. The summed E-state index contributed by atoms with van der Waals surface area (Å²) in [5, 5.41) is 3.01. The molecular formula is C25H34N2O2. The highest BCUT2D eigenvalue weighted by atomic mass is 16.2. The average Bonchev–Trinajstić information content (AvgIpc) is 2.68. The van der Waals surface area contributed by atoms with Crippen molar-refractivity contribution in [3.8, 4) is 0 Å². The summed E-state index contributed by atoms with van der Waals surface area (Å²) in [6.45, 7) is 11.2. The predicted molar refractivity (Wildman–Crippen MR) is 119 cm³/mol. The molecule has 0 saturated heterocycles. The van der Waals surface area contributed by atoms with Gasteiger partial charge in [-0.25, -0.2) is 0 Å². The Morgan fingerprint density at radius 1 is 1.03 bits per heavy atom. The van der Waals surface area contributed by atoms with Crippen molar-refractivity contribution < 1.29 is 9.59 Å². The Bertz CT molecular complexity index is 829. The molecule has 1 atom stereocenters. The lowest BCUT2D eigenvalue weighted by atomic mass is 10.0. The summed E-state index contributed by atoms with van der Waals surface area (Å²) < 4.78 is 0. The van der Waals surface area contributed by atoms with Gasteiger partial charge >= 0.3 is 0 Å². The SMILES string of the molecule is CC[C@H](C(=O)NCC(C)C)N(Cc1cccc(C)c1)C(=O)Cc1ccccc1C. The molecule has 2 rings (SSSR count). The van der Waals surface area contributed by atoms with E-state index in [9.17, 15) is 9.59 Å². The fraction of sp³-hybridized carbons (Fsp3) is 0.440. The first-order valence-electron chi connectivity index (χ1n) is 10.5. The average molecular weight is 395 g/mol. The quantitative estimate of drug-likeness (QED) is 0.684. The lowest BCUT2D eigenvalue weighted by Crippen LogP contribution is -2.50. The zero-order valence-corrected chi connectivity index (χ0v) is 18.4. The number of amides is 2. The van der Waals surface area contributed by atoms with Crippen LogP contribution in [-0.2, 0) is 22.6 Å². The summed E-state index contributed by atoms with van der Waals surface area (Å²) in [6.07, 6.45) is 0.877. The Labute approximate surface area is 175 Å². The second-order valence-corrected chi connectivity index (χ2v) is 8.18. The van der Waals surface area contributed by atoms with Crippen molar-refractivity contribution in [2.24, 2.45) is 5.92 Å². The van der Waals surface area contributed by atoms with E-state index in [1.165, 1.54) is 0 Å². The third-order valence-electron chi connectivity index (χ3n) is 5.11. The molecule has 0 fully saturated rings. The molecule has 2 amide bonds. The van der Waals surface area contributed by atoms with Crippen molar-refractivity contribution >= 4 is 11.8 Å². The van der Waals surface area contributed by atoms with Crippen molar-refractivity contribution in [2.75, 3.05) is 6.54 Å². The van der Waals surface area contributed by atoms with Gasteiger partial charge in [0.1, 0.15) is 6.04 Å². The lowest BCUT2D eigenvalue weighted by molar-refractivity contribution is -0.141. The van der Waals surface area contributed by atoms with Gasteiger partial charge in [0, 0.05) is 13.1 Å². The topological polar surface area (TPSA) is 49.4 Å². The minimum atomic E-state index is -0.481. The highest BCUT2D eigenvalue weighted by Crippen LogP contribution is 2.17. The van der Waals surface area contributed by atoms with Crippen LogP contribution in [-0.4, -0.2) is 29.3 Å². The lowest BCUT2D eigenvalue weighted by Gasteiger charge is -2.31. The Kier molecular flexibility index (Phi) is 8.44. The first-order valence-corrected chi connectivity index (χ1v) is 10.5. The molecule has 0 spiro atoms. The van der Waals surface area contributed by atoms with Crippen molar-refractivity contribution in [3.63, 3.8) is 0 Å². The maximum absolute atomic E-state index is 13.3. The minimum absolute atomic E-state index is 0.0210. The number of benzene rings is 2. The molecule has 0 aliphatic rings. The van der Waals surface area contributed by atoms with Gasteiger partial charge in [0.05, 0.1) is 6.42 Å². The molecule has 2 aromatic carbocycles. The Hall–Kier alpha value is -2.62. The molecule has 0 bridgehead atoms. The summed E-state index contributed by atoms with van der Waals surface area (Å²) in [5.41, 5.74) is 4.28. The van der Waals surface area contributed by atoms with Gasteiger partial charge in [-0.2, -0.15) is 0 Å². The number of nitrogens with one attached hydrogen (secondary N) is 1. The molecule has 1 N–H and O–H groups in total. The summed E-state index contributed by atoms with van der Waals surface area (Å²) in [5.74, 6) is 0.267. The van der Waals surface area contributed by atoms with E-state index in [1.54, 1.807) is 4.90 Å². The van der Waals surface area contributed by atoms with Crippen LogP contribution in [0.2, 0.25) is 0 Å². The number of nitrogens with zero attached hydrogens (tertiary/aromatic N) is 1. The van der Waals surface area contributed by atoms with Crippen molar-refractivity contribution in [3.05, 3.63) is 70.8 Å². The molecule has 4 heteroatoms. The zero-order chi connectivity index (χ0) is 21.4. The molecule has 0 heterocycles. The summed E-state index contributed by atoms with van der Waals surface area (Å²) in [4.78, 5) is 28.0. The summed E-state index contributed by atoms with van der Waals surface area (Å²) in [7, 11) is 0. The fourth-order valence-electron chi connectivity index (χ4n) is 3.42. The van der Waals surface area contributed by atoms with E-state index >= 15 is 0 Å². The van der Waals surface area contributed by atoms with Gasteiger partial charge in [0.25, 0.3) is 0 Å². The van der Waals surface area contributed by atoms with Crippen LogP contribution in [0.25, 0.3) is 0 Å². The fourth-order valence-corrected chi connectivity index (χ4v) is 3.42. The summed E-state index contributed by atoms with van der Waals surface area (Å²) in [6, 6.07) is 15.6. The van der Waals surface area contributed by atoms with E-state index in [4.69, 9.17) is 0 Å². The van der Waals surface area contributed by atoms with Crippen LogP contribution in [0.4, 0.5) is 0 Å². The maximum Gasteiger partial charge on any atom is 0.242 e. The Balaban J connectivity index is 2.29. The molecule has 0 unspecified atom stereocenters. The number of rotatable bonds is 9. The monoisotopic (exact) mass is 394 g/mol. The first-order chi connectivity index (χ1) is 13.8. The third-order valence-corrected chi connectivity index (χ3v) is 5.11.